The van der Waals surface area contributed by atoms with Gasteiger partial charge in [-0.3, -0.25) is 0 Å². The lowest BCUT2D eigenvalue weighted by Gasteiger charge is -2.07. The summed E-state index contributed by atoms with van der Waals surface area (Å²) in [4.78, 5) is 13.1. The highest BCUT2D eigenvalue weighted by Gasteiger charge is 2.14. The van der Waals surface area contributed by atoms with Crippen LogP contribution in [0, 0.1) is 0 Å². The fourth-order valence-electron chi connectivity index (χ4n) is 2.10. The second-order valence-corrected chi connectivity index (χ2v) is 5.38. The zero-order valence-electron chi connectivity index (χ0n) is 16.4. The minimum atomic E-state index is -0.241. The molecule has 0 bridgehead atoms. The van der Waals surface area contributed by atoms with Gasteiger partial charge < -0.3 is 26.7 Å². The zero-order valence-corrected chi connectivity index (χ0v) is 16.4. The first-order valence-corrected chi connectivity index (χ1v) is 8.65. The minimum absolute atomic E-state index is 0.0471. The molecule has 0 saturated carbocycles. The molecule has 2 aromatic rings. The third kappa shape index (κ3) is 6.37. The van der Waals surface area contributed by atoms with Crippen LogP contribution < -0.4 is 16.5 Å². The van der Waals surface area contributed by atoms with Crippen molar-refractivity contribution in [3.8, 4) is 0 Å². The molecule has 0 aliphatic heterocycles. The number of nitrogens with two attached hydrogens (primary N) is 1. The fraction of sp³-hybridized carbons (Fsp3) is 0.417. The number of azide groups is 2. The van der Waals surface area contributed by atoms with Gasteiger partial charge in [-0.05, 0) is 21.3 Å². The third-order valence-electron chi connectivity index (χ3n) is 3.32. The maximum absolute atomic E-state index is 9.11. The van der Waals surface area contributed by atoms with Crippen LogP contribution in [0.3, 0.4) is 0 Å². The van der Waals surface area contributed by atoms with Gasteiger partial charge in [-0.1, -0.05) is 6.58 Å². The summed E-state index contributed by atoms with van der Waals surface area (Å²) in [6.45, 7) is 3.58. The zero-order chi connectivity index (χ0) is 23.3. The van der Waals surface area contributed by atoms with Gasteiger partial charge in [0.15, 0.2) is 0 Å². The van der Waals surface area contributed by atoms with E-state index in [9.17, 15) is 0 Å². The van der Waals surface area contributed by atoms with Crippen LogP contribution in [0.25, 0.3) is 20.9 Å². The van der Waals surface area contributed by atoms with Crippen molar-refractivity contribution in [3.05, 3.63) is 39.1 Å². The van der Waals surface area contributed by atoms with Crippen LogP contribution in [-0.4, -0.2) is 65.5 Å². The number of nitrogens with zero attached hydrogens (tertiary/aromatic N) is 15. The monoisotopic (exact) mass is 446 g/mol. The van der Waals surface area contributed by atoms with Crippen molar-refractivity contribution < 1.29 is 10.2 Å². The molecule has 0 saturated heterocycles. The van der Waals surface area contributed by atoms with Crippen LogP contribution in [0.2, 0.25) is 0 Å². The highest BCUT2D eigenvalue weighted by Crippen LogP contribution is 2.13. The molecule has 0 aliphatic rings. The van der Waals surface area contributed by atoms with Crippen LogP contribution in [0.1, 0.15) is 5.82 Å². The SMILES string of the molecule is C=C(/N=N\C(=N/N)n1nc(N=[N+]=[N-])nc1NCCO)NCc1nc(N=[N+]=[N-])nn1CCO. The third-order valence-corrected chi connectivity index (χ3v) is 3.32. The molecular formula is C12H18N18O2. The highest BCUT2D eigenvalue weighted by atomic mass is 16.3. The lowest BCUT2D eigenvalue weighted by atomic mass is 10.5. The number of aromatic nitrogens is 6. The maximum atomic E-state index is 9.11. The van der Waals surface area contributed by atoms with Crippen molar-refractivity contribution in [3.63, 3.8) is 0 Å². The first-order chi connectivity index (χ1) is 15.6. The molecule has 6 N–H and O–H groups in total. The van der Waals surface area contributed by atoms with E-state index < -0.39 is 0 Å². The van der Waals surface area contributed by atoms with E-state index in [0.717, 1.165) is 4.68 Å². The number of hydrogen-bond donors (Lipinski definition) is 5. The smallest absolute Gasteiger partial charge is 0.289 e. The molecule has 168 valence electrons. The van der Waals surface area contributed by atoms with E-state index in [2.05, 4.69) is 72.8 Å². The molecule has 32 heavy (non-hydrogen) atoms. The Morgan fingerprint density at radius 3 is 2.44 bits per heavy atom. The van der Waals surface area contributed by atoms with E-state index in [0.29, 0.717) is 5.82 Å². The van der Waals surface area contributed by atoms with Gasteiger partial charge in [0.05, 0.1) is 26.3 Å². The highest BCUT2D eigenvalue weighted by molar-refractivity contribution is 5.84. The summed E-state index contributed by atoms with van der Waals surface area (Å²) in [5.74, 6) is 5.23. The maximum Gasteiger partial charge on any atom is 0.289 e. The van der Waals surface area contributed by atoms with Gasteiger partial charge in [-0.25, -0.2) is 9.67 Å². The first kappa shape index (κ1) is 23.5. The van der Waals surface area contributed by atoms with Crippen LogP contribution >= 0.6 is 0 Å². The molecule has 2 heterocycles. The van der Waals surface area contributed by atoms with E-state index in [4.69, 9.17) is 27.1 Å². The standard InChI is InChI=1S/C12H18N18O2/c1-7(17-6-8-18-9(22-27-14)25-29(8)3-5-32)21-24-12(20-13)30-11(16-2-4-31)19-10(26-30)23-28-15/h17,31-32H,1-6,13H2,(H,16,19,26)/b20-12+,24-21-. The molecule has 0 unspecified atom stereocenters. The normalized spacial score (nSPS) is 11.1. The lowest BCUT2D eigenvalue weighted by Crippen LogP contribution is -2.19. The number of aliphatic hydroxyl groups is 2. The van der Waals surface area contributed by atoms with E-state index in [1.54, 1.807) is 0 Å². The van der Waals surface area contributed by atoms with Crippen molar-refractivity contribution in [2.24, 2.45) is 31.4 Å². The summed E-state index contributed by atoms with van der Waals surface area (Å²) in [7, 11) is 0. The number of anilines is 1. The molecule has 20 heteroatoms. The van der Waals surface area contributed by atoms with Gasteiger partial charge in [0, 0.05) is 16.4 Å². The summed E-state index contributed by atoms with van der Waals surface area (Å²) in [5.41, 5.74) is 17.0. The van der Waals surface area contributed by atoms with Crippen molar-refractivity contribution in [2.75, 3.05) is 25.1 Å². The second kappa shape index (κ2) is 12.0. The molecule has 0 amide bonds. The van der Waals surface area contributed by atoms with Gasteiger partial charge in [-0.15, -0.1) is 25.5 Å². The molecule has 2 aromatic heterocycles. The molecule has 0 radical (unpaired) electrons. The fourth-order valence-corrected chi connectivity index (χ4v) is 2.10. The number of azo groups is 1. The first-order valence-electron chi connectivity index (χ1n) is 8.65. The summed E-state index contributed by atoms with van der Waals surface area (Å²) in [5, 5.41) is 49.2. The Morgan fingerprint density at radius 1 is 1.09 bits per heavy atom. The van der Waals surface area contributed by atoms with Crippen molar-refractivity contribution in [2.45, 2.75) is 13.1 Å². The van der Waals surface area contributed by atoms with Crippen LogP contribution in [0.4, 0.5) is 17.8 Å². The minimum Gasteiger partial charge on any atom is -0.395 e. The average Bonchev–Trinajstić information content (AvgIpc) is 3.35. The molecule has 2 rings (SSSR count). The van der Waals surface area contributed by atoms with Crippen molar-refractivity contribution in [1.82, 2.24) is 34.8 Å². The van der Waals surface area contributed by atoms with Crippen molar-refractivity contribution >= 4 is 23.8 Å². The van der Waals surface area contributed by atoms with Crippen LogP contribution in [0.5, 0.6) is 0 Å². The van der Waals surface area contributed by atoms with Gasteiger partial charge >= 0.3 is 0 Å². The number of aliphatic hydroxyl groups excluding tert-OH is 2. The van der Waals surface area contributed by atoms with Crippen LogP contribution in [0.15, 0.2) is 38.0 Å². The number of hydrogen-bond acceptors (Lipinski definition) is 13. The summed E-state index contributed by atoms with van der Waals surface area (Å²) in [6, 6.07) is 0. The van der Waals surface area contributed by atoms with E-state index in [1.807, 2.05) is 0 Å². The number of nitrogens with one attached hydrogen (secondary N) is 2. The average molecular weight is 446 g/mol. The second-order valence-electron chi connectivity index (χ2n) is 5.38. The van der Waals surface area contributed by atoms with E-state index in [-0.39, 0.29) is 62.5 Å². The predicted molar refractivity (Wildman–Crippen MR) is 108 cm³/mol. The van der Waals surface area contributed by atoms with E-state index in [1.165, 1.54) is 4.68 Å². The predicted octanol–water partition coefficient (Wildman–Crippen LogP) is -0.0593. The Hall–Kier alpha value is -4.77. The van der Waals surface area contributed by atoms with Crippen LogP contribution in [-0.2, 0) is 13.1 Å². The quantitative estimate of drug-likeness (QED) is 0.0586. The Morgan fingerprint density at radius 2 is 1.81 bits per heavy atom. The lowest BCUT2D eigenvalue weighted by molar-refractivity contribution is 0.266. The summed E-state index contributed by atoms with van der Waals surface area (Å²) >= 11 is 0. The molecule has 20 nitrogen and oxygen atoms in total. The summed E-state index contributed by atoms with van der Waals surface area (Å²) < 4.78 is 2.36. The molecule has 0 spiro atoms. The molecule has 0 aliphatic carbocycles. The Bertz CT molecular complexity index is 1080. The van der Waals surface area contributed by atoms with Gasteiger partial charge in [0.1, 0.15) is 11.6 Å². The Labute approximate surface area is 178 Å². The Kier molecular flexibility index (Phi) is 8.85. The Balaban J connectivity index is 2.12. The largest absolute Gasteiger partial charge is 0.395 e. The van der Waals surface area contributed by atoms with Gasteiger partial charge in [0.2, 0.25) is 17.8 Å². The van der Waals surface area contributed by atoms with Crippen molar-refractivity contribution in [1.29, 1.82) is 0 Å². The van der Waals surface area contributed by atoms with Gasteiger partial charge in [-0.2, -0.15) is 9.67 Å². The van der Waals surface area contributed by atoms with Gasteiger partial charge in [0.25, 0.3) is 5.96 Å². The van der Waals surface area contributed by atoms with E-state index >= 15 is 0 Å². The molecule has 0 fully saturated rings. The molecule has 0 atom stereocenters. The topological polar surface area (TPSA) is 287 Å². The summed E-state index contributed by atoms with van der Waals surface area (Å²) in [6.07, 6.45) is 0. The number of rotatable bonds is 11. The molecule has 0 aromatic carbocycles. The molecular weight excluding hydrogens is 428 g/mol. The number of hydrazone groups is 1.